The van der Waals surface area contributed by atoms with E-state index in [1.54, 1.807) is 23.3 Å². The third kappa shape index (κ3) is 9.47. The molecule has 15 nitrogen and oxygen atoms in total. The number of aryl methyl sites for hydroxylation is 1. The summed E-state index contributed by atoms with van der Waals surface area (Å²) in [7, 11) is 0. The smallest absolute Gasteiger partial charge is 0.411 e. The van der Waals surface area contributed by atoms with Gasteiger partial charge in [-0.15, -0.1) is 0 Å². The fraction of sp³-hybridized carbons (Fsp3) is 0.390. The van der Waals surface area contributed by atoms with Crippen molar-refractivity contribution in [1.29, 1.82) is 0 Å². The van der Waals surface area contributed by atoms with Crippen LogP contribution in [0.1, 0.15) is 59.4 Å². The molecule has 0 bridgehead atoms. The van der Waals surface area contributed by atoms with Crippen LogP contribution in [0, 0.1) is 18.8 Å². The van der Waals surface area contributed by atoms with E-state index in [2.05, 4.69) is 31.3 Å². The minimum atomic E-state index is -5.45. The summed E-state index contributed by atoms with van der Waals surface area (Å²) in [4.78, 5) is 66.5. The third-order valence-corrected chi connectivity index (χ3v) is 10.9. The standard InChI is InChI=1S/C41H44F4N8O7/c1-21-16-27(35(56)50-32-18-29(20-54)48-37(32)58)12-15-30(21)24-6-2-22(3-7-24)17-31(49-34(55)26-8-4-23(19-46)5-9-26)36(57)47-28-13-10-25(11-14-28)33-51-38(53-52-33)40(42,43)41(44,45)39(59)60/h2-3,6-7,10-16,23,26,29,31-32,54H,4-5,8-9,17-20,46H2,1H3,(H,47,57)(H,48,58)(H,49,55)(H,50,56)(H,59,60)(H,51,52,53). The first-order chi connectivity index (χ1) is 28.5. The van der Waals surface area contributed by atoms with Crippen LogP contribution in [0.5, 0.6) is 0 Å². The van der Waals surface area contributed by atoms with Crippen molar-refractivity contribution in [3.05, 3.63) is 89.2 Å². The van der Waals surface area contributed by atoms with Crippen LogP contribution in [0.25, 0.3) is 22.5 Å². The second kappa shape index (κ2) is 18.0. The van der Waals surface area contributed by atoms with Crippen LogP contribution in [-0.4, -0.2) is 92.2 Å². The Morgan fingerprint density at radius 1 is 0.950 bits per heavy atom. The van der Waals surface area contributed by atoms with Gasteiger partial charge in [-0.1, -0.05) is 30.3 Å². The number of nitrogens with zero attached hydrogens (tertiary/aromatic N) is 2. The summed E-state index contributed by atoms with van der Waals surface area (Å²) < 4.78 is 55.9. The SMILES string of the molecule is Cc1cc(C(=O)NC2CC(CO)NC2=O)ccc1-c1ccc(CC(NC(=O)C2CCC(CN)CC2)C(=O)Nc2ccc(-c3n[nH]c(C(F)(F)C(F)(F)C(=O)O)n3)cc2)cc1. The number of aliphatic hydroxyl groups excluding tert-OH is 1. The van der Waals surface area contributed by atoms with Crippen molar-refractivity contribution in [2.24, 2.45) is 17.6 Å². The molecule has 1 aliphatic carbocycles. The molecule has 2 heterocycles. The van der Waals surface area contributed by atoms with Crippen molar-refractivity contribution in [3.8, 4) is 22.5 Å². The third-order valence-electron chi connectivity index (χ3n) is 10.9. The Hall–Kier alpha value is -6.21. The summed E-state index contributed by atoms with van der Waals surface area (Å²) in [5.74, 6) is -17.3. The van der Waals surface area contributed by atoms with Crippen molar-refractivity contribution >= 4 is 35.3 Å². The second-order valence-corrected chi connectivity index (χ2v) is 15.1. The number of benzene rings is 3. The first kappa shape index (κ1) is 43.4. The number of carbonyl (C=O) groups excluding carboxylic acids is 4. The normalized spacial score (nSPS) is 19.9. The summed E-state index contributed by atoms with van der Waals surface area (Å²) in [5.41, 5.74) is 9.70. The highest BCUT2D eigenvalue weighted by Gasteiger charge is 2.65. The Bertz CT molecular complexity index is 2230. The van der Waals surface area contributed by atoms with Crippen LogP contribution >= 0.6 is 0 Å². The molecule has 9 N–H and O–H groups in total. The van der Waals surface area contributed by atoms with Gasteiger partial charge in [-0.25, -0.2) is 9.78 Å². The molecule has 3 unspecified atom stereocenters. The lowest BCUT2D eigenvalue weighted by Crippen LogP contribution is -2.48. The number of aliphatic carboxylic acids is 1. The monoisotopic (exact) mass is 836 g/mol. The van der Waals surface area contributed by atoms with E-state index in [9.17, 15) is 46.6 Å². The minimum Gasteiger partial charge on any atom is -0.477 e. The van der Waals surface area contributed by atoms with Gasteiger partial charge in [0, 0.05) is 29.2 Å². The van der Waals surface area contributed by atoms with Gasteiger partial charge >= 0.3 is 17.8 Å². The molecular formula is C41H44F4N8O7. The van der Waals surface area contributed by atoms with Crippen LogP contribution in [0.15, 0.2) is 66.7 Å². The highest BCUT2D eigenvalue weighted by atomic mass is 19.3. The number of nitrogens with one attached hydrogen (secondary N) is 5. The molecule has 1 aromatic heterocycles. The van der Waals surface area contributed by atoms with Gasteiger partial charge in [-0.05, 0) is 110 Å². The van der Waals surface area contributed by atoms with E-state index < -0.39 is 59.4 Å². The molecule has 318 valence electrons. The van der Waals surface area contributed by atoms with E-state index >= 15 is 0 Å². The van der Waals surface area contributed by atoms with Gasteiger partial charge in [0.05, 0.1) is 12.6 Å². The molecule has 19 heteroatoms. The minimum absolute atomic E-state index is 0.0890. The number of H-pyrrole nitrogens is 1. The highest BCUT2D eigenvalue weighted by Crippen LogP contribution is 2.42. The fourth-order valence-electron chi connectivity index (χ4n) is 7.33. The van der Waals surface area contributed by atoms with Gasteiger partial charge in [-0.3, -0.25) is 24.3 Å². The van der Waals surface area contributed by atoms with Crippen molar-refractivity contribution in [3.63, 3.8) is 0 Å². The zero-order chi connectivity index (χ0) is 43.4. The summed E-state index contributed by atoms with van der Waals surface area (Å²) >= 11 is 0. The number of carboxylic acids is 1. The number of carbonyl (C=O) groups is 5. The average molecular weight is 837 g/mol. The number of aromatic amines is 1. The molecular weight excluding hydrogens is 792 g/mol. The maximum Gasteiger partial charge on any atom is 0.411 e. The molecule has 6 rings (SSSR count). The molecule has 2 aliphatic rings. The van der Waals surface area contributed by atoms with Gasteiger partial charge in [0.15, 0.2) is 5.82 Å². The number of anilines is 1. The highest BCUT2D eigenvalue weighted by molar-refractivity contribution is 5.99. The number of carboxylic acid groups (broad SMARTS) is 1. The molecule has 2 fully saturated rings. The topological polar surface area (TPSA) is 242 Å². The summed E-state index contributed by atoms with van der Waals surface area (Å²) in [6.07, 6.45) is 3.22. The Labute approximate surface area is 340 Å². The molecule has 4 aromatic rings. The van der Waals surface area contributed by atoms with Gasteiger partial charge in [0.2, 0.25) is 23.5 Å². The largest absolute Gasteiger partial charge is 0.477 e. The first-order valence-electron chi connectivity index (χ1n) is 19.3. The number of hydrogen-bond acceptors (Lipinski definition) is 9. The van der Waals surface area contributed by atoms with Crippen LogP contribution in [-0.2, 0) is 31.5 Å². The number of halogens is 4. The van der Waals surface area contributed by atoms with Crippen LogP contribution in [0.2, 0.25) is 0 Å². The summed E-state index contributed by atoms with van der Waals surface area (Å²) in [5, 5.41) is 34.1. The molecule has 1 saturated heterocycles. The van der Waals surface area contributed by atoms with Gasteiger partial charge < -0.3 is 37.2 Å². The van der Waals surface area contributed by atoms with E-state index in [1.807, 2.05) is 31.2 Å². The van der Waals surface area contributed by atoms with Crippen molar-refractivity contribution in [2.75, 3.05) is 18.5 Å². The van der Waals surface area contributed by atoms with Gasteiger partial charge in [0.25, 0.3) is 5.91 Å². The predicted octanol–water partition coefficient (Wildman–Crippen LogP) is 3.67. The number of hydrogen-bond donors (Lipinski definition) is 8. The lowest BCUT2D eigenvalue weighted by atomic mass is 9.81. The Morgan fingerprint density at radius 2 is 1.62 bits per heavy atom. The predicted molar refractivity (Wildman–Crippen MR) is 209 cm³/mol. The summed E-state index contributed by atoms with van der Waals surface area (Å²) in [6.45, 7) is 2.16. The Balaban J connectivity index is 1.15. The quantitative estimate of drug-likeness (QED) is 0.0809. The molecule has 3 aromatic carbocycles. The molecule has 1 aliphatic heterocycles. The van der Waals surface area contributed by atoms with Crippen LogP contribution in [0.4, 0.5) is 23.2 Å². The number of nitrogens with two attached hydrogens (primary N) is 1. The molecule has 60 heavy (non-hydrogen) atoms. The Morgan fingerprint density at radius 3 is 2.22 bits per heavy atom. The maximum atomic E-state index is 14.3. The first-order valence-corrected chi connectivity index (χ1v) is 19.3. The maximum absolute atomic E-state index is 14.3. The van der Waals surface area contributed by atoms with E-state index in [0.717, 1.165) is 35.1 Å². The molecule has 1 saturated carbocycles. The van der Waals surface area contributed by atoms with Crippen LogP contribution in [0.3, 0.4) is 0 Å². The number of alkyl halides is 4. The van der Waals surface area contributed by atoms with E-state index in [-0.39, 0.29) is 48.4 Å². The van der Waals surface area contributed by atoms with E-state index in [4.69, 9.17) is 10.8 Å². The van der Waals surface area contributed by atoms with Gasteiger partial charge in [-0.2, -0.15) is 22.7 Å². The molecule has 3 atom stereocenters. The lowest BCUT2D eigenvalue weighted by molar-refractivity contribution is -0.231. The number of rotatable bonds is 15. The number of aromatic nitrogens is 3. The number of aliphatic hydroxyl groups is 1. The molecule has 4 amide bonds. The average Bonchev–Trinajstić information content (AvgIpc) is 3.88. The lowest BCUT2D eigenvalue weighted by Gasteiger charge is -2.28. The zero-order valence-corrected chi connectivity index (χ0v) is 32.3. The van der Waals surface area contributed by atoms with Crippen molar-refractivity contribution in [1.82, 2.24) is 31.1 Å². The molecule has 0 radical (unpaired) electrons. The van der Waals surface area contributed by atoms with E-state index in [1.165, 1.54) is 24.3 Å². The van der Waals surface area contributed by atoms with E-state index in [0.29, 0.717) is 30.9 Å². The number of amides is 4. The van der Waals surface area contributed by atoms with Crippen molar-refractivity contribution in [2.45, 2.75) is 75.4 Å². The van der Waals surface area contributed by atoms with Crippen molar-refractivity contribution < 1.29 is 51.7 Å². The Kier molecular flexibility index (Phi) is 13.0. The fourth-order valence-corrected chi connectivity index (χ4v) is 7.33. The molecule has 0 spiro atoms. The summed E-state index contributed by atoms with van der Waals surface area (Å²) in [6, 6.07) is 15.8. The van der Waals surface area contributed by atoms with Crippen LogP contribution < -0.4 is 27.0 Å². The second-order valence-electron chi connectivity index (χ2n) is 15.1. The zero-order valence-electron chi connectivity index (χ0n) is 32.3. The van der Waals surface area contributed by atoms with Gasteiger partial charge in [0.1, 0.15) is 12.1 Å².